The van der Waals surface area contributed by atoms with Crippen LogP contribution in [0, 0.1) is 5.92 Å². The fraction of sp³-hybridized carbons (Fsp3) is 0.533. The average Bonchev–Trinajstić information content (AvgIpc) is 2.92. The highest BCUT2D eigenvalue weighted by Crippen LogP contribution is 2.35. The van der Waals surface area contributed by atoms with Gasteiger partial charge in [-0.1, -0.05) is 27.7 Å². The second-order valence-corrected chi connectivity index (χ2v) is 9.17. The van der Waals surface area contributed by atoms with E-state index in [1.165, 1.54) is 15.4 Å². The molecular formula is C15H21BrN2S2. The molecule has 0 radical (unpaired) electrons. The first-order chi connectivity index (χ1) is 9.45. The highest BCUT2D eigenvalue weighted by Gasteiger charge is 2.15. The smallest absolute Gasteiger partial charge is 0.133 e. The summed E-state index contributed by atoms with van der Waals surface area (Å²) in [5.74, 6) is 0.637. The second kappa shape index (κ2) is 7.16. The molecule has 0 bridgehead atoms. The molecule has 0 atom stereocenters. The van der Waals surface area contributed by atoms with Crippen molar-refractivity contribution < 1.29 is 0 Å². The van der Waals surface area contributed by atoms with Gasteiger partial charge in [0.15, 0.2) is 0 Å². The molecule has 110 valence electrons. The lowest BCUT2D eigenvalue weighted by Crippen LogP contribution is -2.22. The first-order valence-corrected chi connectivity index (χ1v) is 9.36. The Labute approximate surface area is 137 Å². The lowest BCUT2D eigenvalue weighted by atomic mass is 10.1. The Balaban J connectivity index is 2.26. The minimum Gasteiger partial charge on any atom is -0.310 e. The van der Waals surface area contributed by atoms with Gasteiger partial charge in [-0.3, -0.25) is 0 Å². The summed E-state index contributed by atoms with van der Waals surface area (Å²) in [6.07, 6.45) is 1.05. The van der Waals surface area contributed by atoms with Crippen molar-refractivity contribution in [3.05, 3.63) is 26.5 Å². The Morgan fingerprint density at radius 1 is 1.20 bits per heavy atom. The van der Waals surface area contributed by atoms with Crippen LogP contribution in [0.1, 0.15) is 38.3 Å². The van der Waals surface area contributed by atoms with E-state index in [1.807, 2.05) is 11.3 Å². The fourth-order valence-electron chi connectivity index (χ4n) is 1.90. The number of aromatic nitrogens is 1. The Bertz CT molecular complexity index is 558. The third-order valence-corrected chi connectivity index (χ3v) is 5.73. The molecule has 0 aliphatic heterocycles. The predicted molar refractivity (Wildman–Crippen MR) is 93.6 cm³/mol. The third-order valence-electron chi connectivity index (χ3n) is 2.83. The van der Waals surface area contributed by atoms with E-state index in [1.54, 1.807) is 11.3 Å². The first kappa shape index (κ1) is 16.1. The van der Waals surface area contributed by atoms with Gasteiger partial charge in [-0.15, -0.1) is 22.7 Å². The Morgan fingerprint density at radius 3 is 2.50 bits per heavy atom. The molecule has 0 amide bonds. The molecule has 0 aromatic carbocycles. The number of thiophene rings is 1. The molecule has 2 aromatic rings. The van der Waals surface area contributed by atoms with Crippen LogP contribution in [0.4, 0.5) is 0 Å². The zero-order valence-corrected chi connectivity index (χ0v) is 15.6. The molecule has 0 aliphatic carbocycles. The SMILES string of the molecule is CC(C)Cc1nc(-c2ccc(Br)s2)sc1CNC(C)C. The molecule has 20 heavy (non-hydrogen) atoms. The monoisotopic (exact) mass is 372 g/mol. The minimum atomic E-state index is 0.503. The van der Waals surface area contributed by atoms with Crippen molar-refractivity contribution in [2.75, 3.05) is 0 Å². The van der Waals surface area contributed by atoms with E-state index in [9.17, 15) is 0 Å². The predicted octanol–water partition coefficient (Wildman–Crippen LogP) is 5.33. The van der Waals surface area contributed by atoms with Gasteiger partial charge >= 0.3 is 0 Å². The molecule has 0 saturated carbocycles. The average molecular weight is 373 g/mol. The highest BCUT2D eigenvalue weighted by molar-refractivity contribution is 9.11. The molecule has 1 N–H and O–H groups in total. The number of hydrogen-bond donors (Lipinski definition) is 1. The number of nitrogens with one attached hydrogen (secondary N) is 1. The summed E-state index contributed by atoms with van der Waals surface area (Å²) in [7, 11) is 0. The molecule has 2 heterocycles. The fourth-order valence-corrected chi connectivity index (χ4v) is 4.38. The van der Waals surface area contributed by atoms with Crippen LogP contribution in [0.2, 0.25) is 0 Å². The number of thiazole rings is 1. The molecule has 0 spiro atoms. The van der Waals surface area contributed by atoms with Gasteiger partial charge in [0.2, 0.25) is 0 Å². The van der Waals surface area contributed by atoms with Crippen LogP contribution in [0.3, 0.4) is 0 Å². The summed E-state index contributed by atoms with van der Waals surface area (Å²) in [5.41, 5.74) is 1.26. The van der Waals surface area contributed by atoms with Crippen molar-refractivity contribution in [3.63, 3.8) is 0 Å². The Morgan fingerprint density at radius 2 is 1.95 bits per heavy atom. The molecule has 0 aliphatic rings. The van der Waals surface area contributed by atoms with E-state index in [0.717, 1.165) is 21.8 Å². The van der Waals surface area contributed by atoms with E-state index >= 15 is 0 Å². The van der Waals surface area contributed by atoms with Crippen LogP contribution < -0.4 is 5.32 Å². The van der Waals surface area contributed by atoms with Gasteiger partial charge in [-0.05, 0) is 40.4 Å². The van der Waals surface area contributed by atoms with E-state index in [4.69, 9.17) is 4.98 Å². The van der Waals surface area contributed by atoms with Crippen LogP contribution in [0.25, 0.3) is 9.88 Å². The van der Waals surface area contributed by atoms with Crippen molar-refractivity contribution >= 4 is 38.6 Å². The van der Waals surface area contributed by atoms with Crippen molar-refractivity contribution in [3.8, 4) is 9.88 Å². The zero-order chi connectivity index (χ0) is 14.7. The number of nitrogens with zero attached hydrogens (tertiary/aromatic N) is 1. The number of rotatable bonds is 6. The number of halogens is 1. The van der Waals surface area contributed by atoms with Gasteiger partial charge in [-0.2, -0.15) is 0 Å². The summed E-state index contributed by atoms with van der Waals surface area (Å²) in [5, 5.41) is 4.66. The summed E-state index contributed by atoms with van der Waals surface area (Å²) in [6.45, 7) is 9.78. The summed E-state index contributed by atoms with van der Waals surface area (Å²) < 4.78 is 1.16. The Kier molecular flexibility index (Phi) is 5.78. The molecule has 0 saturated heterocycles. The quantitative estimate of drug-likeness (QED) is 0.740. The van der Waals surface area contributed by atoms with Crippen molar-refractivity contribution in [1.82, 2.24) is 10.3 Å². The standard InChI is InChI=1S/C15H21BrN2S2/c1-9(2)7-11-13(8-17-10(3)4)20-15(18-11)12-5-6-14(16)19-12/h5-6,9-10,17H,7-8H2,1-4H3. The summed E-state index contributed by atoms with van der Waals surface area (Å²) >= 11 is 7.10. The topological polar surface area (TPSA) is 24.9 Å². The van der Waals surface area contributed by atoms with E-state index in [2.05, 4.69) is 61.1 Å². The molecule has 2 rings (SSSR count). The summed E-state index contributed by atoms with van der Waals surface area (Å²) in [4.78, 5) is 7.51. The van der Waals surface area contributed by atoms with Gasteiger partial charge in [0.05, 0.1) is 14.4 Å². The maximum atomic E-state index is 4.88. The van der Waals surface area contributed by atoms with Crippen molar-refractivity contribution in [1.29, 1.82) is 0 Å². The van der Waals surface area contributed by atoms with Crippen molar-refractivity contribution in [2.24, 2.45) is 5.92 Å². The summed E-state index contributed by atoms with van der Waals surface area (Å²) in [6, 6.07) is 4.74. The first-order valence-electron chi connectivity index (χ1n) is 6.93. The van der Waals surface area contributed by atoms with E-state index in [0.29, 0.717) is 12.0 Å². The number of hydrogen-bond acceptors (Lipinski definition) is 4. The van der Waals surface area contributed by atoms with Crippen LogP contribution >= 0.6 is 38.6 Å². The van der Waals surface area contributed by atoms with Gasteiger partial charge < -0.3 is 5.32 Å². The normalized spacial score (nSPS) is 11.8. The highest BCUT2D eigenvalue weighted by atomic mass is 79.9. The lowest BCUT2D eigenvalue weighted by molar-refractivity contribution is 0.581. The second-order valence-electron chi connectivity index (χ2n) is 5.63. The third kappa shape index (κ3) is 4.38. The molecule has 0 fully saturated rings. The van der Waals surface area contributed by atoms with Crippen molar-refractivity contribution in [2.45, 2.75) is 46.7 Å². The van der Waals surface area contributed by atoms with Gasteiger partial charge in [0, 0.05) is 17.5 Å². The molecule has 2 nitrogen and oxygen atoms in total. The van der Waals surface area contributed by atoms with Crippen LogP contribution in [-0.2, 0) is 13.0 Å². The van der Waals surface area contributed by atoms with Crippen LogP contribution in [-0.4, -0.2) is 11.0 Å². The maximum absolute atomic E-state index is 4.88. The molecule has 0 unspecified atom stereocenters. The van der Waals surface area contributed by atoms with E-state index < -0.39 is 0 Å². The minimum absolute atomic E-state index is 0.503. The molecular weight excluding hydrogens is 352 g/mol. The van der Waals surface area contributed by atoms with Gasteiger partial charge in [-0.25, -0.2) is 4.98 Å². The van der Waals surface area contributed by atoms with Crippen LogP contribution in [0.15, 0.2) is 15.9 Å². The lowest BCUT2D eigenvalue weighted by Gasteiger charge is -2.08. The molecule has 5 heteroatoms. The Hall–Kier alpha value is -0.230. The van der Waals surface area contributed by atoms with Crippen LogP contribution in [0.5, 0.6) is 0 Å². The molecule has 2 aromatic heterocycles. The van der Waals surface area contributed by atoms with Gasteiger partial charge in [0.25, 0.3) is 0 Å². The zero-order valence-electron chi connectivity index (χ0n) is 12.4. The van der Waals surface area contributed by atoms with E-state index in [-0.39, 0.29) is 0 Å². The maximum Gasteiger partial charge on any atom is 0.133 e. The van der Waals surface area contributed by atoms with Gasteiger partial charge in [0.1, 0.15) is 5.01 Å². The largest absolute Gasteiger partial charge is 0.310 e.